The highest BCUT2D eigenvalue weighted by molar-refractivity contribution is 5.85. The minimum atomic E-state index is 0.234. The molecule has 0 spiro atoms. The lowest BCUT2D eigenvalue weighted by molar-refractivity contribution is 0.174. The van der Waals surface area contributed by atoms with Crippen LogP contribution in [0, 0.1) is 0 Å². The van der Waals surface area contributed by atoms with Crippen molar-refractivity contribution in [3.05, 3.63) is 34.9 Å². The molecule has 0 saturated carbocycles. The molecular formula is C19H19NO4. The van der Waals surface area contributed by atoms with Crippen LogP contribution < -0.4 is 14.2 Å². The zero-order chi connectivity index (χ0) is 16.4. The van der Waals surface area contributed by atoms with E-state index in [2.05, 4.69) is 18.0 Å². The zero-order valence-corrected chi connectivity index (χ0v) is 13.8. The van der Waals surface area contributed by atoms with Crippen molar-refractivity contribution in [3.8, 4) is 34.1 Å². The Morgan fingerprint density at radius 1 is 1.29 bits per heavy atom. The third-order valence-corrected chi connectivity index (χ3v) is 5.52. The highest BCUT2D eigenvalue weighted by atomic mass is 16.7. The summed E-state index contributed by atoms with van der Waals surface area (Å²) in [6.45, 7) is 1.25. The summed E-state index contributed by atoms with van der Waals surface area (Å²) in [6, 6.07) is 6.22. The molecule has 1 atom stereocenters. The molecule has 2 aromatic carbocycles. The number of hydrogen-bond donors (Lipinski definition) is 1. The molecule has 2 aliphatic heterocycles. The number of methoxy groups -OCH3 is 1. The van der Waals surface area contributed by atoms with Gasteiger partial charge in [-0.25, -0.2) is 0 Å². The number of phenolic OH excluding ortho intramolecular Hbond substituents is 1. The fourth-order valence-electron chi connectivity index (χ4n) is 4.31. The van der Waals surface area contributed by atoms with E-state index in [1.165, 1.54) is 11.1 Å². The Balaban J connectivity index is 1.86. The van der Waals surface area contributed by atoms with E-state index in [4.69, 9.17) is 14.2 Å². The minimum absolute atomic E-state index is 0.234. The van der Waals surface area contributed by atoms with Crippen LogP contribution in [0.2, 0.25) is 0 Å². The number of likely N-dealkylation sites (N-methyl/N-ethyl adjacent to an activating group) is 1. The summed E-state index contributed by atoms with van der Waals surface area (Å²) in [7, 11) is 3.72. The number of phenols is 1. The Bertz CT molecular complexity index is 861. The quantitative estimate of drug-likeness (QED) is 0.874. The number of benzene rings is 2. The first-order valence-electron chi connectivity index (χ1n) is 8.24. The predicted molar refractivity (Wildman–Crippen MR) is 89.0 cm³/mol. The van der Waals surface area contributed by atoms with Crippen LogP contribution in [0.25, 0.3) is 11.1 Å². The van der Waals surface area contributed by atoms with Gasteiger partial charge in [-0.15, -0.1) is 0 Å². The van der Waals surface area contributed by atoms with E-state index in [1.807, 2.05) is 12.1 Å². The molecule has 2 heterocycles. The average molecular weight is 325 g/mol. The van der Waals surface area contributed by atoms with E-state index >= 15 is 0 Å². The second kappa shape index (κ2) is 4.80. The number of aromatic hydroxyl groups is 1. The maximum atomic E-state index is 10.7. The third-order valence-electron chi connectivity index (χ3n) is 5.52. The van der Waals surface area contributed by atoms with Crippen LogP contribution in [0.15, 0.2) is 18.2 Å². The Morgan fingerprint density at radius 2 is 2.17 bits per heavy atom. The van der Waals surface area contributed by atoms with Gasteiger partial charge >= 0.3 is 0 Å². The standard InChI is InChI=1S/C19H19NO4/c1-20-6-5-10-7-15-19(24-9-23-15)17-11-3-4-14(22-2)18(21)12(11)8-13(20)16(10)17/h3-4,7,13,21H,5-6,8-9H2,1-2H3. The SMILES string of the molecule is COc1ccc2c(c1O)CC1c3c(cc4c(c3-2)OCO4)CCN1C. The van der Waals surface area contributed by atoms with Crippen molar-refractivity contribution in [2.45, 2.75) is 18.9 Å². The second-order valence-corrected chi connectivity index (χ2v) is 6.65. The van der Waals surface area contributed by atoms with Crippen LogP contribution in [-0.2, 0) is 12.8 Å². The van der Waals surface area contributed by atoms with Gasteiger partial charge in [-0.2, -0.15) is 0 Å². The lowest BCUT2D eigenvalue weighted by Crippen LogP contribution is -2.35. The topological polar surface area (TPSA) is 51.2 Å². The summed E-state index contributed by atoms with van der Waals surface area (Å²) < 4.78 is 16.8. The number of fused-ring (bicyclic) bond motifs is 4. The molecule has 1 N–H and O–H groups in total. The fourth-order valence-corrected chi connectivity index (χ4v) is 4.31. The summed E-state index contributed by atoms with van der Waals surface area (Å²) >= 11 is 0. The average Bonchev–Trinajstić information content (AvgIpc) is 3.06. The van der Waals surface area contributed by atoms with Crippen LogP contribution in [0.4, 0.5) is 0 Å². The molecule has 0 saturated heterocycles. The van der Waals surface area contributed by atoms with Crippen molar-refractivity contribution in [2.24, 2.45) is 0 Å². The molecule has 3 aliphatic rings. The van der Waals surface area contributed by atoms with E-state index in [9.17, 15) is 5.11 Å². The van der Waals surface area contributed by atoms with Crippen LogP contribution in [0.1, 0.15) is 22.7 Å². The Morgan fingerprint density at radius 3 is 3.00 bits per heavy atom. The van der Waals surface area contributed by atoms with Crippen molar-refractivity contribution >= 4 is 0 Å². The van der Waals surface area contributed by atoms with E-state index in [-0.39, 0.29) is 18.6 Å². The summed E-state index contributed by atoms with van der Waals surface area (Å²) in [5.41, 5.74) is 5.69. The molecule has 0 aromatic heterocycles. The largest absolute Gasteiger partial charge is 0.504 e. The molecule has 0 radical (unpaired) electrons. The van der Waals surface area contributed by atoms with Gasteiger partial charge in [-0.3, -0.25) is 4.90 Å². The number of ether oxygens (including phenoxy) is 3. The smallest absolute Gasteiger partial charge is 0.231 e. The lowest BCUT2D eigenvalue weighted by Gasteiger charge is -2.40. The van der Waals surface area contributed by atoms with E-state index in [0.29, 0.717) is 5.75 Å². The molecule has 0 amide bonds. The first kappa shape index (κ1) is 14.0. The highest BCUT2D eigenvalue weighted by Gasteiger charge is 2.38. The number of rotatable bonds is 1. The number of hydrogen-bond acceptors (Lipinski definition) is 5. The minimum Gasteiger partial charge on any atom is -0.504 e. The molecule has 0 fully saturated rings. The summed E-state index contributed by atoms with van der Waals surface area (Å²) in [4.78, 5) is 2.36. The maximum Gasteiger partial charge on any atom is 0.231 e. The molecule has 2 aromatic rings. The molecule has 5 rings (SSSR count). The van der Waals surface area contributed by atoms with Gasteiger partial charge in [0, 0.05) is 23.7 Å². The van der Waals surface area contributed by atoms with Gasteiger partial charge in [0.05, 0.1) is 7.11 Å². The molecule has 0 bridgehead atoms. The second-order valence-electron chi connectivity index (χ2n) is 6.65. The molecule has 24 heavy (non-hydrogen) atoms. The first-order valence-corrected chi connectivity index (χ1v) is 8.24. The van der Waals surface area contributed by atoms with Gasteiger partial charge in [0.1, 0.15) is 0 Å². The van der Waals surface area contributed by atoms with Crippen LogP contribution in [-0.4, -0.2) is 37.5 Å². The van der Waals surface area contributed by atoms with Gasteiger partial charge < -0.3 is 19.3 Å². The van der Waals surface area contributed by atoms with Crippen LogP contribution in [0.3, 0.4) is 0 Å². The van der Waals surface area contributed by atoms with Crippen molar-refractivity contribution in [3.63, 3.8) is 0 Å². The van der Waals surface area contributed by atoms with Crippen LogP contribution in [0.5, 0.6) is 23.0 Å². The lowest BCUT2D eigenvalue weighted by atomic mass is 9.76. The highest BCUT2D eigenvalue weighted by Crippen LogP contribution is 2.55. The van der Waals surface area contributed by atoms with Crippen molar-refractivity contribution in [2.75, 3.05) is 27.5 Å². The molecule has 1 unspecified atom stereocenters. The Hall–Kier alpha value is -2.40. The van der Waals surface area contributed by atoms with Crippen LogP contribution >= 0.6 is 0 Å². The Kier molecular flexibility index (Phi) is 2.80. The molecular weight excluding hydrogens is 306 g/mol. The van der Waals surface area contributed by atoms with E-state index in [0.717, 1.165) is 47.6 Å². The zero-order valence-electron chi connectivity index (χ0n) is 13.8. The van der Waals surface area contributed by atoms with E-state index < -0.39 is 0 Å². The van der Waals surface area contributed by atoms with E-state index in [1.54, 1.807) is 7.11 Å². The molecule has 1 aliphatic carbocycles. The number of nitrogens with zero attached hydrogens (tertiary/aromatic N) is 1. The molecule has 5 heteroatoms. The van der Waals surface area contributed by atoms with Crippen molar-refractivity contribution in [1.82, 2.24) is 4.90 Å². The third kappa shape index (κ3) is 1.68. The molecule has 124 valence electrons. The predicted octanol–water partition coefficient (Wildman–Crippen LogP) is 2.88. The summed E-state index contributed by atoms with van der Waals surface area (Å²) in [5.74, 6) is 2.37. The molecule has 5 nitrogen and oxygen atoms in total. The monoisotopic (exact) mass is 325 g/mol. The van der Waals surface area contributed by atoms with Crippen molar-refractivity contribution < 1.29 is 19.3 Å². The first-order chi connectivity index (χ1) is 11.7. The normalized spacial score (nSPS) is 20.5. The van der Waals surface area contributed by atoms with Gasteiger partial charge in [-0.05, 0) is 54.8 Å². The van der Waals surface area contributed by atoms with Gasteiger partial charge in [0.15, 0.2) is 23.0 Å². The van der Waals surface area contributed by atoms with Gasteiger partial charge in [-0.1, -0.05) is 0 Å². The van der Waals surface area contributed by atoms with Gasteiger partial charge in [0.2, 0.25) is 6.79 Å². The maximum absolute atomic E-state index is 10.7. The van der Waals surface area contributed by atoms with Crippen molar-refractivity contribution in [1.29, 1.82) is 0 Å². The Labute approximate surface area is 140 Å². The summed E-state index contributed by atoms with van der Waals surface area (Å²) in [5, 5.41) is 10.7. The summed E-state index contributed by atoms with van der Waals surface area (Å²) in [6.07, 6.45) is 1.78. The fraction of sp³-hybridized carbons (Fsp3) is 0.368. The van der Waals surface area contributed by atoms with Gasteiger partial charge in [0.25, 0.3) is 0 Å².